The van der Waals surface area contributed by atoms with Crippen molar-refractivity contribution >= 4 is 35.1 Å². The molecule has 53 heavy (non-hydrogen) atoms. The van der Waals surface area contributed by atoms with Crippen LogP contribution in [0.5, 0.6) is 11.5 Å². The van der Waals surface area contributed by atoms with Crippen molar-refractivity contribution in [1.29, 1.82) is 0 Å². The van der Waals surface area contributed by atoms with E-state index >= 15 is 0 Å². The number of nitrogens with zero attached hydrogens (tertiary/aromatic N) is 2. The zero-order chi connectivity index (χ0) is 39.5. The van der Waals surface area contributed by atoms with E-state index in [1.54, 1.807) is 24.3 Å². The minimum atomic E-state index is -0.744. The summed E-state index contributed by atoms with van der Waals surface area (Å²) in [5, 5.41) is 31.2. The molecule has 11 heteroatoms. The van der Waals surface area contributed by atoms with Crippen LogP contribution in [-0.4, -0.2) is 90.4 Å². The molecule has 6 N–H and O–H groups in total. The van der Waals surface area contributed by atoms with Crippen LogP contribution in [0.4, 0.5) is 0 Å². The fourth-order valence-electron chi connectivity index (χ4n) is 5.46. The summed E-state index contributed by atoms with van der Waals surface area (Å²) >= 11 is 11.8. The van der Waals surface area contributed by atoms with Crippen molar-refractivity contribution in [3.8, 4) is 11.5 Å². The SMILES string of the molecule is CN(C)[C@H](CN)Cc1ccc(O)c(Cl)c1.C[C@@H](CC(=O)NC[C@H](Cc1ccc(O)c(Cl)c1)N(C)C)c1ccccc1.C[C@@H](CC(=O)O)c1ccccc1. The molecule has 0 aliphatic rings. The van der Waals surface area contributed by atoms with E-state index in [0.29, 0.717) is 35.6 Å². The van der Waals surface area contributed by atoms with Crippen molar-refractivity contribution < 1.29 is 24.9 Å². The summed E-state index contributed by atoms with van der Waals surface area (Å²) in [7, 11) is 7.98. The lowest BCUT2D eigenvalue weighted by Crippen LogP contribution is -2.41. The fourth-order valence-corrected chi connectivity index (χ4v) is 5.86. The first-order chi connectivity index (χ1) is 25.1. The summed E-state index contributed by atoms with van der Waals surface area (Å²) < 4.78 is 0. The lowest BCUT2D eigenvalue weighted by Gasteiger charge is -2.25. The van der Waals surface area contributed by atoms with Gasteiger partial charge >= 0.3 is 5.97 Å². The monoisotopic (exact) mass is 766 g/mol. The minimum absolute atomic E-state index is 0.0527. The molecule has 0 aromatic heterocycles. The van der Waals surface area contributed by atoms with Gasteiger partial charge in [-0.15, -0.1) is 0 Å². The number of carboxylic acids is 1. The van der Waals surface area contributed by atoms with Gasteiger partial charge in [0.25, 0.3) is 0 Å². The number of halogens is 2. The second kappa shape index (κ2) is 23.5. The lowest BCUT2D eigenvalue weighted by molar-refractivity contribution is -0.137. The minimum Gasteiger partial charge on any atom is -0.506 e. The molecule has 4 aromatic carbocycles. The molecule has 0 bridgehead atoms. The van der Waals surface area contributed by atoms with Gasteiger partial charge in [0.1, 0.15) is 11.5 Å². The highest BCUT2D eigenvalue weighted by Crippen LogP contribution is 2.26. The molecule has 4 atom stereocenters. The van der Waals surface area contributed by atoms with Crippen LogP contribution in [0.3, 0.4) is 0 Å². The van der Waals surface area contributed by atoms with Crippen molar-refractivity contribution in [2.75, 3.05) is 41.3 Å². The Hall–Kier alpha value is -4.12. The number of phenols is 2. The Labute approximate surface area is 325 Å². The molecule has 0 radical (unpaired) electrons. The zero-order valence-corrected chi connectivity index (χ0v) is 33.2. The third-order valence-corrected chi connectivity index (χ3v) is 9.55. The number of hydrogen-bond acceptors (Lipinski definition) is 7. The van der Waals surface area contributed by atoms with Crippen molar-refractivity contribution in [2.24, 2.45) is 5.73 Å². The molecular weight excluding hydrogens is 711 g/mol. The molecular formula is C42H56Cl2N4O5. The van der Waals surface area contributed by atoms with Crippen LogP contribution < -0.4 is 11.1 Å². The quantitative estimate of drug-likeness (QED) is 0.0836. The fraction of sp³-hybridized carbons (Fsp3) is 0.381. The smallest absolute Gasteiger partial charge is 0.303 e. The summed E-state index contributed by atoms with van der Waals surface area (Å²) in [6, 6.07) is 30.7. The van der Waals surface area contributed by atoms with Crippen molar-refractivity contribution in [3.05, 3.63) is 129 Å². The maximum Gasteiger partial charge on any atom is 0.303 e. The van der Waals surface area contributed by atoms with Gasteiger partial charge in [-0.1, -0.05) is 110 Å². The van der Waals surface area contributed by atoms with E-state index < -0.39 is 5.97 Å². The Bertz CT molecular complexity index is 1680. The Morgan fingerprint density at radius 2 is 1.09 bits per heavy atom. The number of carbonyl (C=O) groups excluding carboxylic acids is 1. The molecule has 0 saturated carbocycles. The van der Waals surface area contributed by atoms with Gasteiger partial charge in [-0.2, -0.15) is 0 Å². The number of nitrogens with two attached hydrogens (primary N) is 1. The van der Waals surface area contributed by atoms with E-state index in [4.69, 9.17) is 34.0 Å². The topological polar surface area (TPSA) is 139 Å². The molecule has 4 rings (SSSR count). The summed E-state index contributed by atoms with van der Waals surface area (Å²) in [6.07, 6.45) is 2.24. The van der Waals surface area contributed by atoms with E-state index in [1.165, 1.54) is 5.56 Å². The van der Waals surface area contributed by atoms with E-state index in [2.05, 4.69) is 34.2 Å². The van der Waals surface area contributed by atoms with E-state index in [1.807, 2.05) is 95.8 Å². The molecule has 1 amide bonds. The van der Waals surface area contributed by atoms with Crippen LogP contribution in [0.15, 0.2) is 97.1 Å². The molecule has 0 saturated heterocycles. The molecule has 0 heterocycles. The summed E-state index contributed by atoms with van der Waals surface area (Å²) in [4.78, 5) is 26.9. The van der Waals surface area contributed by atoms with Crippen LogP contribution in [0.1, 0.15) is 60.8 Å². The predicted octanol–water partition coefficient (Wildman–Crippen LogP) is 7.57. The lowest BCUT2D eigenvalue weighted by atomic mass is 9.97. The third kappa shape index (κ3) is 17.1. The number of nitrogens with one attached hydrogen (secondary N) is 1. The molecule has 0 aliphatic heterocycles. The van der Waals surface area contributed by atoms with Crippen molar-refractivity contribution in [3.63, 3.8) is 0 Å². The molecule has 0 unspecified atom stereocenters. The second-order valence-electron chi connectivity index (χ2n) is 13.7. The number of amides is 1. The second-order valence-corrected chi connectivity index (χ2v) is 14.5. The van der Waals surface area contributed by atoms with Crippen molar-refractivity contribution in [1.82, 2.24) is 15.1 Å². The number of rotatable bonds is 15. The van der Waals surface area contributed by atoms with Crippen LogP contribution >= 0.6 is 23.2 Å². The first-order valence-corrected chi connectivity index (χ1v) is 18.4. The Balaban J connectivity index is 0.000000304. The first-order valence-electron chi connectivity index (χ1n) is 17.7. The van der Waals surface area contributed by atoms with Crippen LogP contribution in [0.25, 0.3) is 0 Å². The van der Waals surface area contributed by atoms with E-state index in [-0.39, 0.29) is 41.7 Å². The summed E-state index contributed by atoms with van der Waals surface area (Å²) in [5.41, 5.74) is 10.0. The number of benzene rings is 4. The maximum atomic E-state index is 12.3. The number of carboxylic acid groups (broad SMARTS) is 1. The average Bonchev–Trinajstić information content (AvgIpc) is 3.12. The number of aromatic hydroxyl groups is 2. The van der Waals surface area contributed by atoms with Gasteiger partial charge in [-0.05, 0) is 99.4 Å². The first kappa shape index (κ1) is 45.0. The van der Waals surface area contributed by atoms with Gasteiger partial charge < -0.3 is 36.2 Å². The number of carbonyl (C=O) groups is 2. The van der Waals surface area contributed by atoms with Gasteiger partial charge in [0, 0.05) is 31.6 Å². The van der Waals surface area contributed by atoms with Gasteiger partial charge in [0.05, 0.1) is 16.5 Å². The van der Waals surface area contributed by atoms with Gasteiger partial charge in [0.15, 0.2) is 0 Å². The molecule has 288 valence electrons. The molecule has 4 aromatic rings. The molecule has 9 nitrogen and oxygen atoms in total. The summed E-state index contributed by atoms with van der Waals surface area (Å²) in [6.45, 7) is 5.15. The highest BCUT2D eigenvalue weighted by Gasteiger charge is 2.17. The zero-order valence-electron chi connectivity index (χ0n) is 31.7. The van der Waals surface area contributed by atoms with E-state index in [0.717, 1.165) is 29.5 Å². The Morgan fingerprint density at radius 3 is 1.47 bits per heavy atom. The maximum absolute atomic E-state index is 12.3. The van der Waals surface area contributed by atoms with Crippen LogP contribution in [0, 0.1) is 0 Å². The van der Waals surface area contributed by atoms with Gasteiger partial charge in [-0.25, -0.2) is 0 Å². The Morgan fingerprint density at radius 1 is 0.679 bits per heavy atom. The highest BCUT2D eigenvalue weighted by atomic mass is 35.5. The Kier molecular flexibility index (Phi) is 20.0. The highest BCUT2D eigenvalue weighted by molar-refractivity contribution is 6.32. The molecule has 0 aliphatic carbocycles. The predicted molar refractivity (Wildman–Crippen MR) is 217 cm³/mol. The normalized spacial score (nSPS) is 13.1. The molecule has 0 fully saturated rings. The average molecular weight is 768 g/mol. The van der Waals surface area contributed by atoms with Crippen molar-refractivity contribution in [2.45, 2.75) is 63.5 Å². The summed E-state index contributed by atoms with van der Waals surface area (Å²) in [5.74, 6) is -0.202. The standard InChI is InChI=1S/C21H27ClN2O2.C11H17ClN2O.C10H12O2/c1-15(17-7-5-4-6-8-17)11-21(26)23-14-18(24(2)3)12-16-9-10-20(25)19(22)13-16;1-14(2)9(7-13)5-8-3-4-11(15)10(12)6-8;1-8(7-10(11)12)9-5-3-2-4-6-9/h4-10,13,15,18,25H,11-12,14H2,1-3H3,(H,23,26);3-4,6,9,15H,5,7,13H2,1-2H3;2-6,8H,7H2,1H3,(H,11,12)/t15-,18-;9-;8-/m000/s1. The molecule has 0 spiro atoms. The number of aliphatic carboxylic acids is 1. The largest absolute Gasteiger partial charge is 0.506 e. The number of likely N-dealkylation sites (N-methyl/N-ethyl adjacent to an activating group) is 2. The number of phenolic OH excluding ortho intramolecular Hbond substituents is 2. The van der Waals surface area contributed by atoms with Gasteiger partial charge in [-0.3, -0.25) is 9.59 Å². The van der Waals surface area contributed by atoms with Crippen LogP contribution in [-0.2, 0) is 22.4 Å². The van der Waals surface area contributed by atoms with E-state index in [9.17, 15) is 19.8 Å². The van der Waals surface area contributed by atoms with Gasteiger partial charge in [0.2, 0.25) is 5.91 Å². The van der Waals surface area contributed by atoms with Crippen LogP contribution in [0.2, 0.25) is 10.0 Å². The third-order valence-electron chi connectivity index (χ3n) is 8.94. The number of hydrogen-bond donors (Lipinski definition) is 5.